The summed E-state index contributed by atoms with van der Waals surface area (Å²) >= 11 is 6.06. The molecule has 0 unspecified atom stereocenters. The molecule has 0 bridgehead atoms. The standard InChI is InChI=1S/C20H14ClN7/c1-11-8-9-23-16-7-4-13(10-15(11)16)18-17(12-2-5-14(21)6-3-12)24-19(22)20-25-26-27-28(18)20/h2-10H,1H3,(H2,22,24). The third-order valence-electron chi connectivity index (χ3n) is 4.72. The fourth-order valence-corrected chi connectivity index (χ4v) is 3.45. The van der Waals surface area contributed by atoms with Gasteiger partial charge in [-0.15, -0.1) is 5.10 Å². The Labute approximate surface area is 164 Å². The first kappa shape index (κ1) is 16.6. The maximum absolute atomic E-state index is 6.12. The first-order valence-electron chi connectivity index (χ1n) is 8.61. The van der Waals surface area contributed by atoms with E-state index in [1.165, 1.54) is 0 Å². The lowest BCUT2D eigenvalue weighted by Gasteiger charge is -2.13. The lowest BCUT2D eigenvalue weighted by Crippen LogP contribution is -2.05. The van der Waals surface area contributed by atoms with Gasteiger partial charge < -0.3 is 5.73 Å². The van der Waals surface area contributed by atoms with Gasteiger partial charge in [-0.05, 0) is 53.2 Å². The highest BCUT2D eigenvalue weighted by molar-refractivity contribution is 6.30. The van der Waals surface area contributed by atoms with E-state index in [-0.39, 0.29) is 5.82 Å². The van der Waals surface area contributed by atoms with E-state index in [0.29, 0.717) is 16.4 Å². The van der Waals surface area contributed by atoms with Crippen LogP contribution in [0.15, 0.2) is 54.7 Å². The average Bonchev–Trinajstić information content (AvgIpc) is 3.19. The summed E-state index contributed by atoms with van der Waals surface area (Å²) in [5.74, 6) is 0.261. The minimum atomic E-state index is 0.261. The minimum Gasteiger partial charge on any atom is -0.380 e. The minimum absolute atomic E-state index is 0.261. The summed E-state index contributed by atoms with van der Waals surface area (Å²) in [7, 11) is 0. The van der Waals surface area contributed by atoms with Gasteiger partial charge in [0.15, 0.2) is 5.82 Å². The molecule has 7 nitrogen and oxygen atoms in total. The Morgan fingerprint density at radius 3 is 2.61 bits per heavy atom. The molecule has 0 amide bonds. The van der Waals surface area contributed by atoms with Crippen molar-refractivity contribution in [3.63, 3.8) is 0 Å². The summed E-state index contributed by atoms with van der Waals surface area (Å²) in [5, 5.41) is 13.7. The summed E-state index contributed by atoms with van der Waals surface area (Å²) in [6.45, 7) is 2.06. The van der Waals surface area contributed by atoms with Gasteiger partial charge in [0.1, 0.15) is 5.69 Å². The number of nitrogens with zero attached hydrogens (tertiary/aromatic N) is 6. The summed E-state index contributed by atoms with van der Waals surface area (Å²) in [5.41, 5.74) is 11.8. The highest BCUT2D eigenvalue weighted by Gasteiger charge is 2.19. The smallest absolute Gasteiger partial charge is 0.222 e. The Hall–Kier alpha value is -3.58. The predicted octanol–water partition coefficient (Wildman–Crippen LogP) is 3.95. The van der Waals surface area contributed by atoms with E-state index in [1.807, 2.05) is 42.5 Å². The molecule has 0 radical (unpaired) electrons. The number of halogens is 1. The highest BCUT2D eigenvalue weighted by Crippen LogP contribution is 2.34. The number of benzene rings is 2. The van der Waals surface area contributed by atoms with E-state index in [4.69, 9.17) is 17.3 Å². The van der Waals surface area contributed by atoms with E-state index >= 15 is 0 Å². The second-order valence-electron chi connectivity index (χ2n) is 6.48. The van der Waals surface area contributed by atoms with Crippen LogP contribution in [0.3, 0.4) is 0 Å². The SMILES string of the molecule is Cc1ccnc2ccc(-c3c(-c4ccc(Cl)cc4)nc(N)c4nnnn34)cc12. The molecule has 8 heteroatoms. The zero-order valence-electron chi connectivity index (χ0n) is 14.8. The topological polar surface area (TPSA) is 94.9 Å². The van der Waals surface area contributed by atoms with Crippen LogP contribution in [0.2, 0.25) is 5.02 Å². The molecule has 0 saturated heterocycles. The summed E-state index contributed by atoms with van der Waals surface area (Å²) in [4.78, 5) is 9.04. The van der Waals surface area contributed by atoms with Crippen LogP contribution in [-0.2, 0) is 0 Å². The molecule has 136 valence electrons. The second kappa shape index (κ2) is 6.24. The number of nitrogen functional groups attached to an aromatic ring is 1. The molecule has 0 fully saturated rings. The molecule has 2 aromatic carbocycles. The predicted molar refractivity (Wildman–Crippen MR) is 109 cm³/mol. The fraction of sp³-hybridized carbons (Fsp3) is 0.0500. The molecule has 0 aliphatic rings. The number of pyridine rings is 1. The monoisotopic (exact) mass is 387 g/mol. The van der Waals surface area contributed by atoms with E-state index < -0.39 is 0 Å². The summed E-state index contributed by atoms with van der Waals surface area (Å²) < 4.78 is 1.62. The molecular formula is C20H14ClN7. The largest absolute Gasteiger partial charge is 0.380 e. The number of tetrazole rings is 1. The number of rotatable bonds is 2. The maximum atomic E-state index is 6.12. The summed E-state index contributed by atoms with van der Waals surface area (Å²) in [6.07, 6.45) is 1.81. The van der Waals surface area contributed by atoms with Gasteiger partial charge in [0, 0.05) is 27.7 Å². The Bertz CT molecular complexity index is 1340. The molecule has 28 heavy (non-hydrogen) atoms. The zero-order valence-corrected chi connectivity index (χ0v) is 15.6. The first-order chi connectivity index (χ1) is 13.6. The molecule has 3 aromatic heterocycles. The average molecular weight is 388 g/mol. The van der Waals surface area contributed by atoms with Crippen molar-refractivity contribution in [1.29, 1.82) is 0 Å². The van der Waals surface area contributed by atoms with Crippen molar-refractivity contribution in [1.82, 2.24) is 30.0 Å². The number of hydrogen-bond donors (Lipinski definition) is 1. The molecule has 0 saturated carbocycles. The van der Waals surface area contributed by atoms with E-state index in [9.17, 15) is 0 Å². The second-order valence-corrected chi connectivity index (χ2v) is 6.91. The van der Waals surface area contributed by atoms with Crippen LogP contribution in [0.25, 0.3) is 39.1 Å². The molecule has 0 aliphatic heterocycles. The number of aryl methyl sites for hydroxylation is 1. The Morgan fingerprint density at radius 1 is 1.00 bits per heavy atom. The quantitative estimate of drug-likeness (QED) is 0.493. The molecular weight excluding hydrogens is 374 g/mol. The third kappa shape index (κ3) is 2.56. The van der Waals surface area contributed by atoms with E-state index in [1.54, 1.807) is 10.7 Å². The Morgan fingerprint density at radius 2 is 1.79 bits per heavy atom. The van der Waals surface area contributed by atoms with E-state index in [2.05, 4.69) is 38.5 Å². The lowest BCUT2D eigenvalue weighted by molar-refractivity contribution is 0.827. The third-order valence-corrected chi connectivity index (χ3v) is 4.97. The maximum Gasteiger partial charge on any atom is 0.222 e. The number of hydrogen-bond acceptors (Lipinski definition) is 6. The number of anilines is 1. The Balaban J connectivity index is 1.86. The number of fused-ring (bicyclic) bond motifs is 2. The van der Waals surface area contributed by atoms with Crippen LogP contribution in [-0.4, -0.2) is 30.0 Å². The van der Waals surface area contributed by atoms with Gasteiger partial charge in [-0.25, -0.2) is 4.98 Å². The zero-order chi connectivity index (χ0) is 19.3. The number of nitrogens with two attached hydrogens (primary N) is 1. The summed E-state index contributed by atoms with van der Waals surface area (Å²) in [6, 6.07) is 15.5. The van der Waals surface area contributed by atoms with Gasteiger partial charge in [-0.1, -0.05) is 29.8 Å². The normalized spacial score (nSPS) is 11.4. The van der Waals surface area contributed by atoms with Crippen molar-refractivity contribution in [2.24, 2.45) is 0 Å². The van der Waals surface area contributed by atoms with Crippen LogP contribution in [0.1, 0.15) is 5.56 Å². The fourth-order valence-electron chi connectivity index (χ4n) is 3.32. The van der Waals surface area contributed by atoms with Gasteiger partial charge >= 0.3 is 0 Å². The highest BCUT2D eigenvalue weighted by atomic mass is 35.5. The molecule has 0 spiro atoms. The first-order valence-corrected chi connectivity index (χ1v) is 8.99. The molecule has 5 rings (SSSR count). The van der Waals surface area contributed by atoms with Crippen LogP contribution >= 0.6 is 11.6 Å². The molecule has 5 aromatic rings. The van der Waals surface area contributed by atoms with Crippen molar-refractivity contribution >= 4 is 34.0 Å². The van der Waals surface area contributed by atoms with Gasteiger partial charge in [0.2, 0.25) is 5.65 Å². The van der Waals surface area contributed by atoms with Crippen molar-refractivity contribution in [3.8, 4) is 22.5 Å². The molecule has 0 atom stereocenters. The van der Waals surface area contributed by atoms with Crippen LogP contribution in [0.5, 0.6) is 0 Å². The van der Waals surface area contributed by atoms with Crippen molar-refractivity contribution in [2.75, 3.05) is 5.73 Å². The number of aromatic nitrogens is 6. The van der Waals surface area contributed by atoms with Gasteiger partial charge in [-0.3, -0.25) is 4.98 Å². The van der Waals surface area contributed by atoms with Crippen molar-refractivity contribution in [2.45, 2.75) is 6.92 Å². The van der Waals surface area contributed by atoms with Gasteiger partial charge in [-0.2, -0.15) is 4.52 Å². The molecule has 2 N–H and O–H groups in total. The Kier molecular flexibility index (Phi) is 3.70. The van der Waals surface area contributed by atoms with Crippen molar-refractivity contribution in [3.05, 3.63) is 65.3 Å². The van der Waals surface area contributed by atoms with E-state index in [0.717, 1.165) is 33.3 Å². The lowest BCUT2D eigenvalue weighted by atomic mass is 10.0. The molecule has 0 aliphatic carbocycles. The van der Waals surface area contributed by atoms with Crippen LogP contribution < -0.4 is 5.73 Å². The van der Waals surface area contributed by atoms with Crippen molar-refractivity contribution < 1.29 is 0 Å². The molecule has 3 heterocycles. The van der Waals surface area contributed by atoms with Gasteiger partial charge in [0.05, 0.1) is 11.2 Å². The van der Waals surface area contributed by atoms with Crippen LogP contribution in [0.4, 0.5) is 5.82 Å². The van der Waals surface area contributed by atoms with Crippen LogP contribution in [0, 0.1) is 6.92 Å². The van der Waals surface area contributed by atoms with Gasteiger partial charge in [0.25, 0.3) is 0 Å².